The lowest BCUT2D eigenvalue weighted by Crippen LogP contribution is -2.29. The lowest BCUT2D eigenvalue weighted by molar-refractivity contribution is -0.153. The van der Waals surface area contributed by atoms with Crippen molar-refractivity contribution in [3.63, 3.8) is 0 Å². The molecule has 0 heterocycles. The van der Waals surface area contributed by atoms with Crippen LogP contribution in [0.2, 0.25) is 5.02 Å². The van der Waals surface area contributed by atoms with E-state index < -0.39 is 30.4 Å². The van der Waals surface area contributed by atoms with Gasteiger partial charge in [0.15, 0.2) is 12.7 Å². The maximum Gasteiger partial charge on any atom is 0.347 e. The van der Waals surface area contributed by atoms with Crippen LogP contribution in [-0.4, -0.2) is 24.6 Å². The van der Waals surface area contributed by atoms with Gasteiger partial charge in [-0.05, 0) is 55.8 Å². The van der Waals surface area contributed by atoms with Crippen LogP contribution in [0.15, 0.2) is 42.5 Å². The number of ether oxygens (including phenoxy) is 2. The summed E-state index contributed by atoms with van der Waals surface area (Å²) in [6, 6.07) is 10.3. The molecule has 1 atom stereocenters. The fourth-order valence-corrected chi connectivity index (χ4v) is 2.07. The van der Waals surface area contributed by atoms with Crippen LogP contribution in [0.25, 0.3) is 0 Å². The Kier molecular flexibility index (Phi) is 6.36. The maximum absolute atomic E-state index is 12.8. The fourth-order valence-electron chi connectivity index (χ4n) is 1.89. The largest absolute Gasteiger partial charge is 0.479 e. The molecule has 0 aromatic heterocycles. The van der Waals surface area contributed by atoms with Crippen LogP contribution in [0.1, 0.15) is 12.5 Å². The van der Waals surface area contributed by atoms with E-state index in [4.69, 9.17) is 21.1 Å². The predicted molar refractivity (Wildman–Crippen MR) is 92.3 cm³/mol. The zero-order valence-corrected chi connectivity index (χ0v) is 14.5. The molecule has 0 aliphatic rings. The van der Waals surface area contributed by atoms with E-state index in [1.54, 1.807) is 18.2 Å². The van der Waals surface area contributed by atoms with Crippen LogP contribution in [0, 0.1) is 12.7 Å². The van der Waals surface area contributed by atoms with E-state index in [2.05, 4.69) is 5.32 Å². The molecule has 7 heteroatoms. The molecule has 2 aromatic carbocycles. The van der Waals surface area contributed by atoms with Gasteiger partial charge < -0.3 is 14.8 Å². The van der Waals surface area contributed by atoms with Crippen molar-refractivity contribution >= 4 is 29.2 Å². The zero-order valence-electron chi connectivity index (χ0n) is 13.7. The smallest absolute Gasteiger partial charge is 0.347 e. The number of benzene rings is 2. The normalized spacial score (nSPS) is 11.5. The lowest BCUT2D eigenvalue weighted by atomic mass is 10.2. The molecule has 0 radical (unpaired) electrons. The summed E-state index contributed by atoms with van der Waals surface area (Å²) in [6.07, 6.45) is -0.938. The molecule has 0 spiro atoms. The number of esters is 1. The van der Waals surface area contributed by atoms with E-state index in [1.165, 1.54) is 31.2 Å². The SMILES string of the molecule is Cc1ccc(NC(=O)COC(=O)[C@@H](C)Oc2ccc(F)cc2)cc1Cl. The molecular weight excluding hydrogens is 349 g/mol. The lowest BCUT2D eigenvalue weighted by Gasteiger charge is -2.14. The number of nitrogens with one attached hydrogen (secondary N) is 1. The van der Waals surface area contributed by atoms with Crippen molar-refractivity contribution in [1.82, 2.24) is 0 Å². The van der Waals surface area contributed by atoms with Gasteiger partial charge >= 0.3 is 5.97 Å². The van der Waals surface area contributed by atoms with Crippen LogP contribution in [-0.2, 0) is 14.3 Å². The number of hydrogen-bond donors (Lipinski definition) is 1. The van der Waals surface area contributed by atoms with Gasteiger partial charge in [-0.25, -0.2) is 9.18 Å². The monoisotopic (exact) mass is 365 g/mol. The predicted octanol–water partition coefficient (Wildman–Crippen LogP) is 3.74. The Morgan fingerprint density at radius 1 is 1.20 bits per heavy atom. The summed E-state index contributed by atoms with van der Waals surface area (Å²) in [5.74, 6) is -1.29. The number of carbonyl (C=O) groups excluding carboxylic acids is 2. The molecule has 1 amide bonds. The third-order valence-electron chi connectivity index (χ3n) is 3.26. The highest BCUT2D eigenvalue weighted by molar-refractivity contribution is 6.31. The van der Waals surface area contributed by atoms with Gasteiger partial charge in [-0.3, -0.25) is 4.79 Å². The standard InChI is InChI=1S/C18H17ClFNO4/c1-11-3-6-14(9-16(11)19)21-17(22)10-24-18(23)12(2)25-15-7-4-13(20)5-8-15/h3-9,12H,10H2,1-2H3,(H,21,22)/t12-/m1/s1. The van der Waals surface area contributed by atoms with Crippen LogP contribution >= 0.6 is 11.6 Å². The van der Waals surface area contributed by atoms with Gasteiger partial charge in [0.1, 0.15) is 11.6 Å². The van der Waals surface area contributed by atoms with E-state index in [0.717, 1.165) is 5.56 Å². The molecule has 2 aromatic rings. The molecule has 25 heavy (non-hydrogen) atoms. The summed E-state index contributed by atoms with van der Waals surface area (Å²) < 4.78 is 23.0. The van der Waals surface area contributed by atoms with Crippen molar-refractivity contribution in [3.8, 4) is 5.75 Å². The minimum absolute atomic E-state index is 0.324. The molecule has 132 valence electrons. The Balaban J connectivity index is 1.80. The van der Waals surface area contributed by atoms with Crippen LogP contribution in [0.5, 0.6) is 5.75 Å². The first-order valence-electron chi connectivity index (χ1n) is 7.50. The number of hydrogen-bond acceptors (Lipinski definition) is 4. The summed E-state index contributed by atoms with van der Waals surface area (Å²) in [6.45, 7) is 2.86. The van der Waals surface area contributed by atoms with Crippen molar-refractivity contribution in [3.05, 3.63) is 58.9 Å². The van der Waals surface area contributed by atoms with E-state index in [0.29, 0.717) is 16.5 Å². The Labute approximate surface area is 149 Å². The molecule has 0 saturated heterocycles. The summed E-state index contributed by atoms with van der Waals surface area (Å²) in [7, 11) is 0. The van der Waals surface area contributed by atoms with Gasteiger partial charge in [0.05, 0.1) is 0 Å². The van der Waals surface area contributed by atoms with Gasteiger partial charge in [0.2, 0.25) is 0 Å². The maximum atomic E-state index is 12.8. The molecule has 1 N–H and O–H groups in total. The second kappa shape index (κ2) is 8.48. The Hall–Kier alpha value is -2.60. The van der Waals surface area contributed by atoms with Crippen LogP contribution < -0.4 is 10.1 Å². The number of aryl methyl sites for hydroxylation is 1. The summed E-state index contributed by atoms with van der Waals surface area (Å²) >= 11 is 5.98. The Bertz CT molecular complexity index is 764. The molecule has 0 unspecified atom stereocenters. The molecule has 0 saturated carbocycles. The highest BCUT2D eigenvalue weighted by atomic mass is 35.5. The van der Waals surface area contributed by atoms with Gasteiger partial charge in [-0.2, -0.15) is 0 Å². The minimum atomic E-state index is -0.938. The number of halogens is 2. The van der Waals surface area contributed by atoms with Crippen molar-refractivity contribution < 1.29 is 23.5 Å². The molecule has 2 rings (SSSR count). The third-order valence-corrected chi connectivity index (χ3v) is 3.67. The first-order valence-corrected chi connectivity index (χ1v) is 7.88. The van der Waals surface area contributed by atoms with E-state index in [1.807, 2.05) is 6.92 Å². The summed E-state index contributed by atoms with van der Waals surface area (Å²) in [5, 5.41) is 3.10. The number of anilines is 1. The van der Waals surface area contributed by atoms with Crippen molar-refractivity contribution in [1.29, 1.82) is 0 Å². The van der Waals surface area contributed by atoms with E-state index >= 15 is 0 Å². The van der Waals surface area contributed by atoms with E-state index in [-0.39, 0.29) is 0 Å². The highest BCUT2D eigenvalue weighted by Gasteiger charge is 2.18. The molecule has 0 bridgehead atoms. The van der Waals surface area contributed by atoms with Gasteiger partial charge in [-0.15, -0.1) is 0 Å². The molecule has 5 nitrogen and oxygen atoms in total. The summed E-state index contributed by atoms with van der Waals surface area (Å²) in [4.78, 5) is 23.7. The number of amides is 1. The Morgan fingerprint density at radius 3 is 2.52 bits per heavy atom. The molecule has 0 fully saturated rings. The fraction of sp³-hybridized carbons (Fsp3) is 0.222. The first-order chi connectivity index (χ1) is 11.8. The van der Waals surface area contributed by atoms with Crippen molar-refractivity contribution in [2.24, 2.45) is 0 Å². The van der Waals surface area contributed by atoms with Crippen LogP contribution in [0.3, 0.4) is 0 Å². The highest BCUT2D eigenvalue weighted by Crippen LogP contribution is 2.20. The topological polar surface area (TPSA) is 64.6 Å². The van der Waals surface area contributed by atoms with Gasteiger partial charge in [-0.1, -0.05) is 17.7 Å². The average molecular weight is 366 g/mol. The van der Waals surface area contributed by atoms with Crippen LogP contribution in [0.4, 0.5) is 10.1 Å². The second-order valence-corrected chi connectivity index (χ2v) is 5.74. The summed E-state index contributed by atoms with van der Waals surface area (Å²) in [5.41, 5.74) is 1.39. The first kappa shape index (κ1) is 18.7. The quantitative estimate of drug-likeness (QED) is 0.792. The average Bonchev–Trinajstić information content (AvgIpc) is 2.58. The van der Waals surface area contributed by atoms with Crippen molar-refractivity contribution in [2.75, 3.05) is 11.9 Å². The number of rotatable bonds is 6. The molecule has 0 aliphatic carbocycles. The van der Waals surface area contributed by atoms with Crippen molar-refractivity contribution in [2.45, 2.75) is 20.0 Å². The van der Waals surface area contributed by atoms with Gasteiger partial charge in [0, 0.05) is 10.7 Å². The second-order valence-electron chi connectivity index (χ2n) is 5.33. The zero-order chi connectivity index (χ0) is 18.4. The molecular formula is C18H17ClFNO4. The Morgan fingerprint density at radius 2 is 1.88 bits per heavy atom. The number of carbonyl (C=O) groups is 2. The third kappa shape index (κ3) is 5.76. The minimum Gasteiger partial charge on any atom is -0.479 e. The van der Waals surface area contributed by atoms with Gasteiger partial charge in [0.25, 0.3) is 5.91 Å². The van der Waals surface area contributed by atoms with E-state index in [9.17, 15) is 14.0 Å². The molecule has 0 aliphatic heterocycles.